The van der Waals surface area contributed by atoms with Crippen LogP contribution in [0.25, 0.3) is 0 Å². The van der Waals surface area contributed by atoms with Crippen molar-refractivity contribution in [3.8, 4) is 5.88 Å². The van der Waals surface area contributed by atoms with Gasteiger partial charge in [0.25, 0.3) is 9.05 Å². The summed E-state index contributed by atoms with van der Waals surface area (Å²) in [4.78, 5) is 13.1. The molecule has 0 aliphatic rings. The first-order valence-corrected chi connectivity index (χ1v) is 8.04. The Morgan fingerprint density at radius 1 is 1.45 bits per heavy atom. The first-order valence-electron chi connectivity index (χ1n) is 5.73. The minimum atomic E-state index is -4.78. The molecule has 0 aliphatic heterocycles. The van der Waals surface area contributed by atoms with Crippen molar-refractivity contribution in [1.29, 1.82) is 0 Å². The summed E-state index contributed by atoms with van der Waals surface area (Å²) >= 11 is 0. The molecule has 6 nitrogen and oxygen atoms in total. The second kappa shape index (κ2) is 6.69. The quantitative estimate of drug-likeness (QED) is 0.591. The molecule has 0 aliphatic carbocycles. The lowest BCUT2D eigenvalue weighted by molar-refractivity contribution is -0.147. The number of carbonyl (C=O) groups is 1. The second-order valence-corrected chi connectivity index (χ2v) is 6.73. The molecule has 1 atom stereocenters. The highest BCUT2D eigenvalue weighted by molar-refractivity contribution is 8.13. The van der Waals surface area contributed by atoms with Crippen molar-refractivity contribution in [2.24, 2.45) is 0 Å². The lowest BCUT2D eigenvalue weighted by Gasteiger charge is -2.15. The van der Waals surface area contributed by atoms with Crippen molar-refractivity contribution >= 4 is 25.7 Å². The number of carbonyl (C=O) groups excluding carboxylic acids is 1. The van der Waals surface area contributed by atoms with Crippen LogP contribution in [-0.4, -0.2) is 32.1 Å². The molecule has 0 radical (unpaired) electrons. The molecule has 1 rings (SSSR count). The third-order valence-electron chi connectivity index (χ3n) is 2.23. The van der Waals surface area contributed by atoms with Crippen LogP contribution < -0.4 is 4.74 Å². The molecule has 0 fully saturated rings. The van der Waals surface area contributed by atoms with E-state index in [-0.39, 0.29) is 6.61 Å². The van der Waals surface area contributed by atoms with E-state index < -0.39 is 43.6 Å². The van der Waals surface area contributed by atoms with E-state index in [1.165, 1.54) is 6.92 Å². The summed E-state index contributed by atoms with van der Waals surface area (Å²) in [7, 11) is 0.575. The predicted octanol–water partition coefficient (Wildman–Crippen LogP) is 2.36. The molecule has 1 unspecified atom stereocenters. The van der Waals surface area contributed by atoms with Crippen LogP contribution in [-0.2, 0) is 24.8 Å². The molecule has 0 spiro atoms. The molecule has 0 saturated heterocycles. The summed E-state index contributed by atoms with van der Waals surface area (Å²) in [5, 5.41) is 0. The molecule has 0 saturated carbocycles. The highest BCUT2D eigenvalue weighted by Crippen LogP contribution is 2.34. The molecule has 1 aromatic rings. The average Bonchev–Trinajstić information content (AvgIpc) is 2.33. The van der Waals surface area contributed by atoms with Gasteiger partial charge in [0.05, 0.1) is 5.56 Å². The lowest BCUT2D eigenvalue weighted by Crippen LogP contribution is -2.21. The third kappa shape index (κ3) is 5.34. The van der Waals surface area contributed by atoms with Gasteiger partial charge >= 0.3 is 12.1 Å². The molecular formula is C11H11ClF3NO5S. The lowest BCUT2D eigenvalue weighted by atomic mass is 10.3. The van der Waals surface area contributed by atoms with Gasteiger partial charge in [-0.05, 0) is 13.0 Å². The van der Waals surface area contributed by atoms with Crippen LogP contribution in [0, 0.1) is 0 Å². The van der Waals surface area contributed by atoms with Crippen molar-refractivity contribution < 1.29 is 35.9 Å². The van der Waals surface area contributed by atoms with Gasteiger partial charge in [0.2, 0.25) is 5.88 Å². The number of aromatic nitrogens is 1. The maximum absolute atomic E-state index is 12.6. The van der Waals surface area contributed by atoms with E-state index in [1.807, 2.05) is 0 Å². The van der Waals surface area contributed by atoms with E-state index in [0.29, 0.717) is 12.3 Å². The second-order valence-electron chi connectivity index (χ2n) is 4.19. The van der Waals surface area contributed by atoms with Gasteiger partial charge in [0, 0.05) is 23.8 Å². The van der Waals surface area contributed by atoms with Gasteiger partial charge in [0.15, 0.2) is 0 Å². The van der Waals surface area contributed by atoms with E-state index in [2.05, 4.69) is 4.98 Å². The maximum atomic E-state index is 12.6. The van der Waals surface area contributed by atoms with E-state index in [0.717, 1.165) is 6.92 Å². The number of pyridine rings is 1. The third-order valence-corrected chi connectivity index (χ3v) is 3.55. The van der Waals surface area contributed by atoms with Gasteiger partial charge < -0.3 is 9.47 Å². The average molecular weight is 362 g/mol. The van der Waals surface area contributed by atoms with E-state index in [9.17, 15) is 26.4 Å². The molecular weight excluding hydrogens is 351 g/mol. The summed E-state index contributed by atoms with van der Waals surface area (Å²) in [6, 6.07) is 0.321. The van der Waals surface area contributed by atoms with E-state index in [1.54, 1.807) is 0 Å². The highest BCUT2D eigenvalue weighted by atomic mass is 35.7. The molecule has 1 heterocycles. The summed E-state index contributed by atoms with van der Waals surface area (Å²) in [6.45, 7) is 2.29. The number of ether oxygens (including phenoxy) is 2. The molecule has 11 heteroatoms. The number of nitrogens with zero attached hydrogens (tertiary/aromatic N) is 1. The predicted molar refractivity (Wildman–Crippen MR) is 69.0 cm³/mol. The highest BCUT2D eigenvalue weighted by Gasteiger charge is 2.34. The molecule has 22 heavy (non-hydrogen) atoms. The molecule has 0 aromatic carbocycles. The number of alkyl halides is 3. The van der Waals surface area contributed by atoms with Crippen LogP contribution >= 0.6 is 10.7 Å². The SMILES string of the molecule is CC(=O)OC(C)COc1ncc(C(F)(F)F)cc1S(=O)(=O)Cl. The van der Waals surface area contributed by atoms with Crippen molar-refractivity contribution in [2.75, 3.05) is 6.61 Å². The normalized spacial score (nSPS) is 13.5. The van der Waals surface area contributed by atoms with Crippen LogP contribution in [0.5, 0.6) is 5.88 Å². The first kappa shape index (κ1) is 18.5. The van der Waals surface area contributed by atoms with Crippen molar-refractivity contribution in [2.45, 2.75) is 31.0 Å². The summed E-state index contributed by atoms with van der Waals surface area (Å²) < 4.78 is 70.1. The van der Waals surface area contributed by atoms with Crippen LogP contribution in [0.15, 0.2) is 17.2 Å². The number of hydrogen-bond acceptors (Lipinski definition) is 6. The Kier molecular flexibility index (Phi) is 5.63. The smallest absolute Gasteiger partial charge is 0.417 e. The summed E-state index contributed by atoms with van der Waals surface area (Å²) in [6.07, 6.45) is -5.13. The number of halogens is 4. The van der Waals surface area contributed by atoms with Gasteiger partial charge in [-0.1, -0.05) is 0 Å². The maximum Gasteiger partial charge on any atom is 0.417 e. The fourth-order valence-electron chi connectivity index (χ4n) is 1.38. The van der Waals surface area contributed by atoms with Crippen molar-refractivity contribution in [3.63, 3.8) is 0 Å². The monoisotopic (exact) mass is 361 g/mol. The minimum Gasteiger partial charge on any atom is -0.473 e. The zero-order valence-electron chi connectivity index (χ0n) is 11.3. The van der Waals surface area contributed by atoms with Crippen molar-refractivity contribution in [3.05, 3.63) is 17.8 Å². The first-order chi connectivity index (χ1) is 9.91. The van der Waals surface area contributed by atoms with Crippen LogP contribution in [0.3, 0.4) is 0 Å². The van der Waals surface area contributed by atoms with Crippen LogP contribution in [0.1, 0.15) is 19.4 Å². The van der Waals surface area contributed by atoms with Gasteiger partial charge in [-0.3, -0.25) is 4.79 Å². The van der Waals surface area contributed by atoms with E-state index in [4.69, 9.17) is 20.2 Å². The number of hydrogen-bond donors (Lipinski definition) is 0. The fourth-order valence-corrected chi connectivity index (χ4v) is 2.30. The Morgan fingerprint density at radius 2 is 2.05 bits per heavy atom. The van der Waals surface area contributed by atoms with E-state index >= 15 is 0 Å². The Bertz CT molecular complexity index is 662. The Hall–Kier alpha value is -1.55. The van der Waals surface area contributed by atoms with Gasteiger partial charge in [-0.15, -0.1) is 0 Å². The van der Waals surface area contributed by atoms with Crippen LogP contribution in [0.2, 0.25) is 0 Å². The molecule has 0 amide bonds. The Morgan fingerprint density at radius 3 is 2.50 bits per heavy atom. The standard InChI is InChI=1S/C11H11ClF3NO5S/c1-6(21-7(2)17)5-20-10-9(22(12,18)19)3-8(4-16-10)11(13,14)15/h3-4,6H,5H2,1-2H3. The van der Waals surface area contributed by atoms with Gasteiger partial charge in [-0.2, -0.15) is 13.2 Å². The topological polar surface area (TPSA) is 82.6 Å². The van der Waals surface area contributed by atoms with Gasteiger partial charge in [-0.25, -0.2) is 13.4 Å². The minimum absolute atomic E-state index is 0.308. The molecule has 124 valence electrons. The van der Waals surface area contributed by atoms with Crippen molar-refractivity contribution in [1.82, 2.24) is 4.98 Å². The Balaban J connectivity index is 3.07. The molecule has 1 aromatic heterocycles. The molecule has 0 N–H and O–H groups in total. The zero-order chi connectivity index (χ0) is 17.1. The van der Waals surface area contributed by atoms with Gasteiger partial charge in [0.1, 0.15) is 17.6 Å². The molecule has 0 bridgehead atoms. The van der Waals surface area contributed by atoms with Crippen LogP contribution in [0.4, 0.5) is 13.2 Å². The fraction of sp³-hybridized carbons (Fsp3) is 0.455. The zero-order valence-corrected chi connectivity index (χ0v) is 12.9. The summed E-state index contributed by atoms with van der Waals surface area (Å²) in [5.74, 6) is -1.20. The Labute approximate surface area is 128 Å². The summed E-state index contributed by atoms with van der Waals surface area (Å²) in [5.41, 5.74) is -1.29. The number of rotatable bonds is 5. The largest absolute Gasteiger partial charge is 0.473 e. The number of esters is 1.